The van der Waals surface area contributed by atoms with Crippen molar-refractivity contribution in [3.05, 3.63) is 63.9 Å². The lowest BCUT2D eigenvalue weighted by molar-refractivity contribution is 0.431. The van der Waals surface area contributed by atoms with Crippen LogP contribution in [0.3, 0.4) is 0 Å². The number of hydrogen-bond donors (Lipinski definition) is 1. The molecule has 0 radical (unpaired) electrons. The van der Waals surface area contributed by atoms with E-state index in [0.29, 0.717) is 22.7 Å². The van der Waals surface area contributed by atoms with Gasteiger partial charge in [0.1, 0.15) is 4.90 Å². The van der Waals surface area contributed by atoms with Gasteiger partial charge < -0.3 is 0 Å². The Bertz CT molecular complexity index is 825. The minimum Gasteiger partial charge on any atom is -0.207 e. The molecule has 0 saturated heterocycles. The number of nitrogens with one attached hydrogen (secondary N) is 1. The second kappa shape index (κ2) is 6.28. The van der Waals surface area contributed by atoms with E-state index in [2.05, 4.69) is 4.72 Å². The Balaban J connectivity index is 2.29. The van der Waals surface area contributed by atoms with Gasteiger partial charge in [0.2, 0.25) is 10.0 Å². The number of halogens is 4. The van der Waals surface area contributed by atoms with Crippen LogP contribution >= 0.6 is 11.6 Å². The van der Waals surface area contributed by atoms with E-state index in [1.54, 1.807) is 25.1 Å². The third-order valence-corrected chi connectivity index (χ3v) is 4.71. The van der Waals surface area contributed by atoms with Crippen molar-refractivity contribution in [3.8, 4) is 0 Å². The minimum atomic E-state index is -4.33. The highest BCUT2D eigenvalue weighted by Gasteiger charge is 2.23. The number of rotatable bonds is 4. The molecule has 3 nitrogen and oxygen atoms in total. The predicted molar refractivity (Wildman–Crippen MR) is 76.5 cm³/mol. The SMILES string of the molecule is Cc1ccc(Cl)cc1CNS(=O)(=O)c1ccc(F)c(F)c1F. The summed E-state index contributed by atoms with van der Waals surface area (Å²) >= 11 is 5.82. The van der Waals surface area contributed by atoms with Gasteiger partial charge >= 0.3 is 0 Å². The molecule has 0 aliphatic carbocycles. The average molecular weight is 350 g/mol. The van der Waals surface area contributed by atoms with Crippen molar-refractivity contribution in [2.24, 2.45) is 0 Å². The van der Waals surface area contributed by atoms with Gasteiger partial charge in [0.25, 0.3) is 0 Å². The molecule has 0 unspecified atom stereocenters. The summed E-state index contributed by atoms with van der Waals surface area (Å²) in [5.41, 5.74) is 1.36. The van der Waals surface area contributed by atoms with E-state index in [1.807, 2.05) is 0 Å². The van der Waals surface area contributed by atoms with Crippen LogP contribution < -0.4 is 4.72 Å². The zero-order valence-corrected chi connectivity index (χ0v) is 12.9. The van der Waals surface area contributed by atoms with Crippen LogP contribution in [-0.2, 0) is 16.6 Å². The van der Waals surface area contributed by atoms with E-state index in [0.717, 1.165) is 5.56 Å². The molecule has 2 aromatic carbocycles. The molecule has 0 atom stereocenters. The van der Waals surface area contributed by atoms with Gasteiger partial charge in [0, 0.05) is 11.6 Å². The second-order valence-electron chi connectivity index (χ2n) is 4.57. The van der Waals surface area contributed by atoms with E-state index in [-0.39, 0.29) is 6.54 Å². The van der Waals surface area contributed by atoms with E-state index in [1.165, 1.54) is 0 Å². The summed E-state index contributed by atoms with van der Waals surface area (Å²) in [6.07, 6.45) is 0. The molecule has 0 saturated carbocycles. The highest BCUT2D eigenvalue weighted by atomic mass is 35.5. The second-order valence-corrected chi connectivity index (χ2v) is 6.74. The van der Waals surface area contributed by atoms with Crippen LogP contribution in [0, 0.1) is 24.4 Å². The molecule has 8 heteroatoms. The van der Waals surface area contributed by atoms with Crippen LogP contribution in [-0.4, -0.2) is 8.42 Å². The van der Waals surface area contributed by atoms with Gasteiger partial charge in [-0.1, -0.05) is 17.7 Å². The van der Waals surface area contributed by atoms with E-state index in [4.69, 9.17) is 11.6 Å². The maximum absolute atomic E-state index is 13.6. The molecular formula is C14H11ClF3NO2S. The molecule has 0 spiro atoms. The highest BCUT2D eigenvalue weighted by Crippen LogP contribution is 2.20. The first kappa shape index (κ1) is 16.8. The summed E-state index contributed by atoms with van der Waals surface area (Å²) in [5.74, 6) is -5.04. The van der Waals surface area contributed by atoms with Crippen LogP contribution in [0.15, 0.2) is 35.2 Å². The van der Waals surface area contributed by atoms with Gasteiger partial charge in [0.05, 0.1) is 0 Å². The normalized spacial score (nSPS) is 11.7. The molecule has 22 heavy (non-hydrogen) atoms. The molecule has 0 bridgehead atoms. The first-order chi connectivity index (χ1) is 10.2. The van der Waals surface area contributed by atoms with Crippen molar-refractivity contribution in [2.75, 3.05) is 0 Å². The standard InChI is InChI=1S/C14H11ClF3NO2S/c1-8-2-3-10(15)6-9(8)7-19-22(20,21)12-5-4-11(16)13(17)14(12)18/h2-6,19H,7H2,1H3. The molecule has 1 N–H and O–H groups in total. The Morgan fingerprint density at radius 3 is 2.45 bits per heavy atom. The van der Waals surface area contributed by atoms with Gasteiger partial charge in [0.15, 0.2) is 17.5 Å². The maximum Gasteiger partial charge on any atom is 0.243 e. The molecule has 0 aliphatic rings. The number of benzene rings is 2. The topological polar surface area (TPSA) is 46.2 Å². The van der Waals surface area contributed by atoms with Crippen molar-refractivity contribution < 1.29 is 21.6 Å². The van der Waals surface area contributed by atoms with E-state index < -0.39 is 32.4 Å². The van der Waals surface area contributed by atoms with E-state index in [9.17, 15) is 21.6 Å². The molecule has 0 aliphatic heterocycles. The Morgan fingerprint density at radius 2 is 1.77 bits per heavy atom. The van der Waals surface area contributed by atoms with Crippen molar-refractivity contribution in [2.45, 2.75) is 18.4 Å². The van der Waals surface area contributed by atoms with Crippen LogP contribution in [0.4, 0.5) is 13.2 Å². The Hall–Kier alpha value is -1.57. The largest absolute Gasteiger partial charge is 0.243 e. The van der Waals surface area contributed by atoms with Crippen molar-refractivity contribution in [1.29, 1.82) is 0 Å². The summed E-state index contributed by atoms with van der Waals surface area (Å²) < 4.78 is 65.7. The smallest absolute Gasteiger partial charge is 0.207 e. The highest BCUT2D eigenvalue weighted by molar-refractivity contribution is 7.89. The van der Waals surface area contributed by atoms with Crippen LogP contribution in [0.5, 0.6) is 0 Å². The summed E-state index contributed by atoms with van der Waals surface area (Å²) in [4.78, 5) is -0.953. The molecule has 2 aromatic rings. The van der Waals surface area contributed by atoms with Crippen LogP contribution in [0.1, 0.15) is 11.1 Å². The monoisotopic (exact) mass is 349 g/mol. The lowest BCUT2D eigenvalue weighted by Gasteiger charge is -2.10. The third kappa shape index (κ3) is 3.43. The summed E-state index contributed by atoms with van der Waals surface area (Å²) in [6, 6.07) is 6.12. The minimum absolute atomic E-state index is 0.160. The quantitative estimate of drug-likeness (QED) is 0.858. The zero-order chi connectivity index (χ0) is 16.5. The summed E-state index contributed by atoms with van der Waals surface area (Å²) in [7, 11) is -4.33. The molecule has 0 amide bonds. The number of aryl methyl sites for hydroxylation is 1. The van der Waals surface area contributed by atoms with Gasteiger partial charge in [-0.05, 0) is 42.3 Å². The maximum atomic E-state index is 13.6. The van der Waals surface area contributed by atoms with Gasteiger partial charge in [-0.15, -0.1) is 0 Å². The molecule has 2 rings (SSSR count). The molecule has 0 fully saturated rings. The summed E-state index contributed by atoms with van der Waals surface area (Å²) in [5, 5.41) is 0.416. The fraction of sp³-hybridized carbons (Fsp3) is 0.143. The van der Waals surface area contributed by atoms with E-state index >= 15 is 0 Å². The van der Waals surface area contributed by atoms with Gasteiger partial charge in [-0.3, -0.25) is 0 Å². The lowest BCUT2D eigenvalue weighted by Crippen LogP contribution is -2.25. The summed E-state index contributed by atoms with van der Waals surface area (Å²) in [6.45, 7) is 1.59. The molecule has 0 aromatic heterocycles. The van der Waals surface area contributed by atoms with Crippen LogP contribution in [0.25, 0.3) is 0 Å². The number of hydrogen-bond acceptors (Lipinski definition) is 2. The van der Waals surface area contributed by atoms with Gasteiger partial charge in [-0.2, -0.15) is 0 Å². The molecule has 0 heterocycles. The fourth-order valence-corrected chi connectivity index (χ4v) is 3.07. The third-order valence-electron chi connectivity index (χ3n) is 3.05. The van der Waals surface area contributed by atoms with Crippen molar-refractivity contribution >= 4 is 21.6 Å². The fourth-order valence-electron chi connectivity index (χ4n) is 1.80. The Labute approximate surface area is 130 Å². The zero-order valence-electron chi connectivity index (χ0n) is 11.3. The first-order valence-electron chi connectivity index (χ1n) is 6.10. The molecule has 118 valence electrons. The average Bonchev–Trinajstić information content (AvgIpc) is 2.45. The van der Waals surface area contributed by atoms with Crippen molar-refractivity contribution in [3.63, 3.8) is 0 Å². The number of sulfonamides is 1. The molecular weight excluding hydrogens is 339 g/mol. The Kier molecular flexibility index (Phi) is 4.79. The lowest BCUT2D eigenvalue weighted by atomic mass is 10.1. The Morgan fingerprint density at radius 1 is 1.09 bits per heavy atom. The van der Waals surface area contributed by atoms with Gasteiger partial charge in [-0.25, -0.2) is 26.3 Å². The van der Waals surface area contributed by atoms with Crippen LogP contribution in [0.2, 0.25) is 5.02 Å². The van der Waals surface area contributed by atoms with Crippen molar-refractivity contribution in [1.82, 2.24) is 4.72 Å². The predicted octanol–water partition coefficient (Wildman–Crippen LogP) is 3.54. The first-order valence-corrected chi connectivity index (χ1v) is 7.96.